The Hall–Kier alpha value is -3.02. The lowest BCUT2D eigenvalue weighted by molar-refractivity contribution is 0.0697. The van der Waals surface area contributed by atoms with Crippen molar-refractivity contribution in [1.29, 1.82) is 0 Å². The van der Waals surface area contributed by atoms with Gasteiger partial charge < -0.3 is 20.4 Å². The molecule has 0 radical (unpaired) electrons. The highest BCUT2D eigenvalue weighted by Crippen LogP contribution is 2.30. The predicted octanol–water partition coefficient (Wildman–Crippen LogP) is 5.50. The van der Waals surface area contributed by atoms with Crippen molar-refractivity contribution in [2.24, 2.45) is 5.92 Å². The molecule has 2 aliphatic rings. The fraction of sp³-hybridized carbons (Fsp3) is 0.462. The van der Waals surface area contributed by atoms with Crippen LogP contribution in [0.2, 0.25) is 0 Å². The Balaban J connectivity index is 1.55. The van der Waals surface area contributed by atoms with Crippen LogP contribution in [0.4, 0.5) is 21.9 Å². The van der Waals surface area contributed by atoms with E-state index >= 15 is 0 Å². The number of likely N-dealkylation sites (tertiary alicyclic amines) is 1. The van der Waals surface area contributed by atoms with Gasteiger partial charge in [-0.3, -0.25) is 4.79 Å². The van der Waals surface area contributed by atoms with Gasteiger partial charge in [-0.05, 0) is 80.8 Å². The van der Waals surface area contributed by atoms with Gasteiger partial charge >= 0.3 is 6.03 Å². The molecule has 32 heavy (non-hydrogen) atoms. The third-order valence-corrected chi connectivity index (χ3v) is 6.53. The molecule has 2 N–H and O–H groups in total. The number of nitrogens with one attached hydrogen (secondary N) is 2. The minimum atomic E-state index is -0.313. The van der Waals surface area contributed by atoms with E-state index in [0.29, 0.717) is 17.2 Å². The fourth-order valence-corrected chi connectivity index (χ4v) is 4.59. The quantitative estimate of drug-likeness (QED) is 0.668. The van der Waals surface area contributed by atoms with Crippen molar-refractivity contribution in [2.45, 2.75) is 46.0 Å². The van der Waals surface area contributed by atoms with E-state index in [-0.39, 0.29) is 11.9 Å². The minimum absolute atomic E-state index is 0.0696. The van der Waals surface area contributed by atoms with Crippen LogP contribution in [-0.4, -0.2) is 43.0 Å². The smallest absolute Gasteiger partial charge is 0.323 e. The fourth-order valence-electron chi connectivity index (χ4n) is 4.59. The molecule has 0 spiro atoms. The molecule has 0 aromatic heterocycles. The summed E-state index contributed by atoms with van der Waals surface area (Å²) in [6.45, 7) is 7.77. The van der Waals surface area contributed by atoms with E-state index in [4.69, 9.17) is 0 Å². The third kappa shape index (κ3) is 5.42. The normalized spacial score (nSPS) is 17.2. The zero-order chi connectivity index (χ0) is 22.5. The Labute approximate surface area is 191 Å². The molecule has 2 aromatic rings. The van der Waals surface area contributed by atoms with Crippen LogP contribution in [0.15, 0.2) is 42.5 Å². The van der Waals surface area contributed by atoms with Gasteiger partial charge in [0, 0.05) is 43.2 Å². The second-order valence-corrected chi connectivity index (χ2v) is 9.20. The molecule has 2 aliphatic heterocycles. The lowest BCUT2D eigenvalue weighted by atomic mass is 9.98. The highest BCUT2D eigenvalue weighted by atomic mass is 16.2. The first-order valence-corrected chi connectivity index (χ1v) is 11.8. The summed E-state index contributed by atoms with van der Waals surface area (Å²) in [6.07, 6.45) is 5.62. The van der Waals surface area contributed by atoms with Crippen LogP contribution in [0, 0.1) is 12.8 Å². The number of rotatable bonds is 4. The topological polar surface area (TPSA) is 64.7 Å². The van der Waals surface area contributed by atoms with Crippen molar-refractivity contribution < 1.29 is 9.59 Å². The van der Waals surface area contributed by atoms with Gasteiger partial charge in [0.1, 0.15) is 0 Å². The van der Waals surface area contributed by atoms with E-state index in [1.165, 1.54) is 6.42 Å². The number of anilines is 3. The number of hydrogen-bond acceptors (Lipinski definition) is 3. The van der Waals surface area contributed by atoms with Gasteiger partial charge in [-0.15, -0.1) is 0 Å². The van der Waals surface area contributed by atoms with Gasteiger partial charge in [-0.25, -0.2) is 4.79 Å². The molecule has 2 fully saturated rings. The summed E-state index contributed by atoms with van der Waals surface area (Å²) in [6, 6.07) is 13.1. The summed E-state index contributed by atoms with van der Waals surface area (Å²) in [4.78, 5) is 30.4. The third-order valence-electron chi connectivity index (χ3n) is 6.53. The first kappa shape index (κ1) is 22.2. The monoisotopic (exact) mass is 434 g/mol. The van der Waals surface area contributed by atoms with Crippen molar-refractivity contribution in [2.75, 3.05) is 41.7 Å². The van der Waals surface area contributed by atoms with Crippen molar-refractivity contribution in [3.05, 3.63) is 53.6 Å². The number of aryl methyl sites for hydroxylation is 1. The molecule has 2 saturated heterocycles. The second kappa shape index (κ2) is 10.1. The first-order valence-electron chi connectivity index (χ1n) is 11.8. The molecule has 2 aromatic carbocycles. The van der Waals surface area contributed by atoms with E-state index < -0.39 is 0 Å². The van der Waals surface area contributed by atoms with Crippen LogP contribution in [0.1, 0.15) is 54.9 Å². The SMILES string of the molecule is Cc1cccc(NC(=O)Nc2ccc(N3CCCCC3)c(C(=O)N3CCC(C)CC3)c2)c1. The van der Waals surface area contributed by atoms with Crippen LogP contribution in [-0.2, 0) is 0 Å². The zero-order valence-corrected chi connectivity index (χ0v) is 19.2. The number of amides is 3. The van der Waals surface area contributed by atoms with Crippen LogP contribution in [0.5, 0.6) is 0 Å². The molecule has 3 amide bonds. The average molecular weight is 435 g/mol. The van der Waals surface area contributed by atoms with Gasteiger partial charge in [0.25, 0.3) is 5.91 Å². The van der Waals surface area contributed by atoms with Crippen LogP contribution >= 0.6 is 0 Å². The summed E-state index contributed by atoms with van der Waals surface area (Å²) >= 11 is 0. The molecular formula is C26H34N4O2. The van der Waals surface area contributed by atoms with E-state index in [1.54, 1.807) is 0 Å². The number of carbonyl (C=O) groups excluding carboxylic acids is 2. The maximum absolute atomic E-state index is 13.5. The van der Waals surface area contributed by atoms with E-state index in [0.717, 1.165) is 68.8 Å². The zero-order valence-electron chi connectivity index (χ0n) is 19.2. The van der Waals surface area contributed by atoms with Crippen molar-refractivity contribution in [3.8, 4) is 0 Å². The highest BCUT2D eigenvalue weighted by molar-refractivity contribution is 6.04. The molecule has 4 rings (SSSR count). The Morgan fingerprint density at radius 1 is 0.875 bits per heavy atom. The Morgan fingerprint density at radius 2 is 1.56 bits per heavy atom. The maximum Gasteiger partial charge on any atom is 0.323 e. The van der Waals surface area contributed by atoms with Crippen LogP contribution in [0.3, 0.4) is 0 Å². The molecule has 0 atom stereocenters. The number of hydrogen-bond donors (Lipinski definition) is 2. The summed E-state index contributed by atoms with van der Waals surface area (Å²) in [5.74, 6) is 0.735. The van der Waals surface area contributed by atoms with Gasteiger partial charge in [0.05, 0.1) is 5.56 Å². The summed E-state index contributed by atoms with van der Waals surface area (Å²) in [5, 5.41) is 5.78. The molecule has 0 bridgehead atoms. The molecule has 170 valence electrons. The van der Waals surface area contributed by atoms with Crippen molar-refractivity contribution in [3.63, 3.8) is 0 Å². The number of nitrogens with zero attached hydrogens (tertiary/aromatic N) is 2. The van der Waals surface area contributed by atoms with Gasteiger partial charge in [-0.2, -0.15) is 0 Å². The number of piperidine rings is 2. The lowest BCUT2D eigenvalue weighted by Gasteiger charge is -2.34. The van der Waals surface area contributed by atoms with Crippen LogP contribution < -0.4 is 15.5 Å². The van der Waals surface area contributed by atoms with Crippen molar-refractivity contribution in [1.82, 2.24) is 4.90 Å². The number of benzene rings is 2. The summed E-state index contributed by atoms with van der Waals surface area (Å²) in [5.41, 5.74) is 4.13. The standard InChI is InChI=1S/C26H34N4O2/c1-19-11-15-30(16-12-19)25(31)23-18-22(9-10-24(23)29-13-4-3-5-14-29)28-26(32)27-21-8-6-7-20(2)17-21/h6-10,17-19H,3-5,11-16H2,1-2H3,(H2,27,28,32). The van der Waals surface area contributed by atoms with Gasteiger partial charge in [-0.1, -0.05) is 19.1 Å². The molecule has 6 nitrogen and oxygen atoms in total. The van der Waals surface area contributed by atoms with Crippen LogP contribution in [0.25, 0.3) is 0 Å². The first-order chi connectivity index (χ1) is 15.5. The largest absolute Gasteiger partial charge is 0.371 e. The Morgan fingerprint density at radius 3 is 2.25 bits per heavy atom. The molecule has 6 heteroatoms. The van der Waals surface area contributed by atoms with Gasteiger partial charge in [0.2, 0.25) is 0 Å². The summed E-state index contributed by atoms with van der Waals surface area (Å²) in [7, 11) is 0. The van der Waals surface area contributed by atoms with Gasteiger partial charge in [0.15, 0.2) is 0 Å². The van der Waals surface area contributed by atoms with E-state index in [9.17, 15) is 9.59 Å². The van der Waals surface area contributed by atoms with Crippen molar-refractivity contribution >= 4 is 29.0 Å². The maximum atomic E-state index is 13.5. The Bertz CT molecular complexity index is 960. The number of carbonyl (C=O) groups is 2. The number of urea groups is 1. The molecule has 2 heterocycles. The molecule has 0 unspecified atom stereocenters. The van der Waals surface area contributed by atoms with E-state index in [2.05, 4.69) is 22.5 Å². The molecular weight excluding hydrogens is 400 g/mol. The highest BCUT2D eigenvalue weighted by Gasteiger charge is 2.26. The summed E-state index contributed by atoms with van der Waals surface area (Å²) < 4.78 is 0. The molecule has 0 saturated carbocycles. The lowest BCUT2D eigenvalue weighted by Crippen LogP contribution is -2.39. The average Bonchev–Trinajstić information content (AvgIpc) is 2.79. The van der Waals surface area contributed by atoms with E-state index in [1.807, 2.05) is 54.3 Å². The predicted molar refractivity (Wildman–Crippen MR) is 131 cm³/mol. The molecule has 0 aliphatic carbocycles. The minimum Gasteiger partial charge on any atom is -0.371 e. The second-order valence-electron chi connectivity index (χ2n) is 9.20. The Kier molecular flexibility index (Phi) is 6.98.